The van der Waals surface area contributed by atoms with E-state index in [9.17, 15) is 13.2 Å². The molecule has 2 aliphatic heterocycles. The van der Waals surface area contributed by atoms with Crippen LogP contribution in [0.2, 0.25) is 0 Å². The van der Waals surface area contributed by atoms with Gasteiger partial charge in [-0.3, -0.25) is 4.98 Å². The molecule has 1 spiro atoms. The van der Waals surface area contributed by atoms with E-state index < -0.39 is 11.9 Å². The molecule has 4 rings (SSSR count). The average Bonchev–Trinajstić information content (AvgIpc) is 2.65. The van der Waals surface area contributed by atoms with Crippen LogP contribution in [0.15, 0.2) is 30.6 Å². The average molecular weight is 379 g/mol. The Hall–Kier alpha value is -2.26. The minimum absolute atomic E-state index is 0.00958. The van der Waals surface area contributed by atoms with Crippen LogP contribution in [-0.4, -0.2) is 46.3 Å². The van der Waals surface area contributed by atoms with Gasteiger partial charge in [0, 0.05) is 43.7 Å². The first kappa shape index (κ1) is 18.1. The smallest absolute Gasteiger partial charge is 0.367 e. The monoisotopic (exact) mass is 379 g/mol. The van der Waals surface area contributed by atoms with Crippen molar-refractivity contribution in [3.8, 4) is 11.4 Å². The van der Waals surface area contributed by atoms with E-state index in [1.807, 2.05) is 0 Å². The van der Waals surface area contributed by atoms with Gasteiger partial charge >= 0.3 is 6.18 Å². The number of aromatic nitrogens is 3. The summed E-state index contributed by atoms with van der Waals surface area (Å²) in [6, 6.07) is 4.20. The molecular weight excluding hydrogens is 359 g/mol. The molecule has 144 valence electrons. The Morgan fingerprint density at radius 2 is 2.15 bits per heavy atom. The summed E-state index contributed by atoms with van der Waals surface area (Å²) in [5, 5.41) is 6.22. The largest absolute Gasteiger partial charge is 0.433 e. The molecular formula is C18H20F3N5O. The third-order valence-electron chi connectivity index (χ3n) is 4.92. The van der Waals surface area contributed by atoms with E-state index in [-0.39, 0.29) is 23.3 Å². The highest BCUT2D eigenvalue weighted by Crippen LogP contribution is 2.33. The minimum atomic E-state index is -4.56. The van der Waals surface area contributed by atoms with Crippen molar-refractivity contribution in [2.24, 2.45) is 0 Å². The first-order valence-electron chi connectivity index (χ1n) is 8.93. The van der Waals surface area contributed by atoms with Gasteiger partial charge in [-0.05, 0) is 31.4 Å². The summed E-state index contributed by atoms with van der Waals surface area (Å²) in [7, 11) is 0. The number of alkyl halides is 3. The first-order chi connectivity index (χ1) is 12.9. The van der Waals surface area contributed by atoms with E-state index in [4.69, 9.17) is 4.74 Å². The Bertz CT molecular complexity index is 795. The summed E-state index contributed by atoms with van der Waals surface area (Å²) in [6.45, 7) is 2.07. The lowest BCUT2D eigenvalue weighted by Gasteiger charge is -2.48. The fourth-order valence-corrected chi connectivity index (χ4v) is 3.46. The van der Waals surface area contributed by atoms with E-state index in [0.29, 0.717) is 12.1 Å². The second kappa shape index (κ2) is 7.05. The molecule has 0 aliphatic carbocycles. The number of hydrogen-bond donors (Lipinski definition) is 2. The molecule has 2 aromatic heterocycles. The van der Waals surface area contributed by atoms with E-state index >= 15 is 0 Å². The highest BCUT2D eigenvalue weighted by atomic mass is 19.4. The molecule has 2 N–H and O–H groups in total. The SMILES string of the molecule is FC(F)(F)c1cc(NCC2CCCC3(CNC3)O2)nc(-c2cccnc2)n1. The molecule has 0 radical (unpaired) electrons. The Balaban J connectivity index is 1.53. The second-order valence-electron chi connectivity index (χ2n) is 7.00. The first-order valence-corrected chi connectivity index (χ1v) is 8.93. The molecule has 0 bridgehead atoms. The highest BCUT2D eigenvalue weighted by molar-refractivity contribution is 5.56. The maximum Gasteiger partial charge on any atom is 0.433 e. The van der Waals surface area contributed by atoms with Gasteiger partial charge in [-0.15, -0.1) is 0 Å². The standard InChI is InChI=1S/C18H20F3N5O/c19-18(20,21)14-7-15(26-16(25-14)12-3-2-6-22-8-12)24-9-13-4-1-5-17(27-13)10-23-11-17/h2-3,6-8,13,23H,1,4-5,9-11H2,(H,24,25,26). The van der Waals surface area contributed by atoms with Gasteiger partial charge in [0.15, 0.2) is 11.5 Å². The Labute approximate surface area is 154 Å². The Morgan fingerprint density at radius 3 is 2.81 bits per heavy atom. The van der Waals surface area contributed by atoms with E-state index in [0.717, 1.165) is 38.4 Å². The van der Waals surface area contributed by atoms with Gasteiger partial charge in [-0.2, -0.15) is 13.2 Å². The van der Waals surface area contributed by atoms with E-state index in [2.05, 4.69) is 25.6 Å². The molecule has 0 amide bonds. The van der Waals surface area contributed by atoms with Crippen LogP contribution < -0.4 is 10.6 Å². The third-order valence-corrected chi connectivity index (χ3v) is 4.92. The second-order valence-corrected chi connectivity index (χ2v) is 7.00. The summed E-state index contributed by atoms with van der Waals surface area (Å²) in [5.74, 6) is 0.121. The van der Waals surface area contributed by atoms with Crippen LogP contribution >= 0.6 is 0 Å². The number of nitrogens with zero attached hydrogens (tertiary/aromatic N) is 3. The number of halogens is 3. The molecule has 1 unspecified atom stereocenters. The predicted molar refractivity (Wildman–Crippen MR) is 93.1 cm³/mol. The van der Waals surface area contributed by atoms with Crippen molar-refractivity contribution in [1.29, 1.82) is 0 Å². The van der Waals surface area contributed by atoms with Gasteiger partial charge < -0.3 is 15.4 Å². The number of hydrogen-bond acceptors (Lipinski definition) is 6. The van der Waals surface area contributed by atoms with Crippen molar-refractivity contribution in [3.05, 3.63) is 36.3 Å². The van der Waals surface area contributed by atoms with Crippen molar-refractivity contribution in [2.45, 2.75) is 37.1 Å². The zero-order chi connectivity index (χ0) is 18.9. The van der Waals surface area contributed by atoms with E-state index in [1.54, 1.807) is 18.3 Å². The number of nitrogens with one attached hydrogen (secondary N) is 2. The van der Waals surface area contributed by atoms with Gasteiger partial charge in [0.1, 0.15) is 5.82 Å². The normalized spacial score (nSPS) is 21.7. The topological polar surface area (TPSA) is 72.0 Å². The molecule has 0 aromatic carbocycles. The maximum absolute atomic E-state index is 13.2. The maximum atomic E-state index is 13.2. The lowest BCUT2D eigenvalue weighted by molar-refractivity contribution is -0.148. The van der Waals surface area contributed by atoms with E-state index in [1.165, 1.54) is 6.20 Å². The number of rotatable bonds is 4. The quantitative estimate of drug-likeness (QED) is 0.851. The molecule has 9 heteroatoms. The van der Waals surface area contributed by atoms with Crippen LogP contribution in [0.4, 0.5) is 19.0 Å². The molecule has 0 saturated carbocycles. The van der Waals surface area contributed by atoms with Crippen molar-refractivity contribution in [1.82, 2.24) is 20.3 Å². The van der Waals surface area contributed by atoms with Crippen LogP contribution in [0.25, 0.3) is 11.4 Å². The summed E-state index contributed by atoms with van der Waals surface area (Å²) in [4.78, 5) is 11.8. The summed E-state index contributed by atoms with van der Waals surface area (Å²) in [5.41, 5.74) is -0.656. The van der Waals surface area contributed by atoms with Crippen LogP contribution in [0.5, 0.6) is 0 Å². The fourth-order valence-electron chi connectivity index (χ4n) is 3.46. The number of anilines is 1. The fraction of sp³-hybridized carbons (Fsp3) is 0.500. The van der Waals surface area contributed by atoms with Crippen LogP contribution in [0.3, 0.4) is 0 Å². The van der Waals surface area contributed by atoms with Gasteiger partial charge in [-0.25, -0.2) is 9.97 Å². The third kappa shape index (κ3) is 4.03. The molecule has 2 fully saturated rings. The zero-order valence-corrected chi connectivity index (χ0v) is 14.6. The summed E-state index contributed by atoms with van der Waals surface area (Å²) < 4.78 is 45.9. The number of ether oxygens (including phenoxy) is 1. The van der Waals surface area contributed by atoms with Crippen LogP contribution in [0, 0.1) is 0 Å². The van der Waals surface area contributed by atoms with Crippen molar-refractivity contribution in [3.63, 3.8) is 0 Å². The minimum Gasteiger partial charge on any atom is -0.367 e. The molecule has 27 heavy (non-hydrogen) atoms. The molecule has 1 atom stereocenters. The Kier molecular flexibility index (Phi) is 4.73. The highest BCUT2D eigenvalue weighted by Gasteiger charge is 2.42. The van der Waals surface area contributed by atoms with Gasteiger partial charge in [0.25, 0.3) is 0 Å². The zero-order valence-electron chi connectivity index (χ0n) is 14.6. The predicted octanol–water partition coefficient (Wildman–Crippen LogP) is 2.88. The molecule has 2 saturated heterocycles. The van der Waals surface area contributed by atoms with Crippen LogP contribution in [0.1, 0.15) is 25.0 Å². The van der Waals surface area contributed by atoms with Crippen LogP contribution in [-0.2, 0) is 10.9 Å². The van der Waals surface area contributed by atoms with Gasteiger partial charge in [-0.1, -0.05) is 0 Å². The van der Waals surface area contributed by atoms with Gasteiger partial charge in [0.2, 0.25) is 0 Å². The number of pyridine rings is 1. The molecule has 2 aliphatic rings. The van der Waals surface area contributed by atoms with Crippen molar-refractivity contribution < 1.29 is 17.9 Å². The summed E-state index contributed by atoms with van der Waals surface area (Å²) in [6.07, 6.45) is 1.33. The molecule has 6 nitrogen and oxygen atoms in total. The molecule has 4 heterocycles. The van der Waals surface area contributed by atoms with Crippen molar-refractivity contribution in [2.75, 3.05) is 25.0 Å². The van der Waals surface area contributed by atoms with Gasteiger partial charge in [0.05, 0.1) is 11.7 Å². The lowest BCUT2D eigenvalue weighted by atomic mass is 9.86. The van der Waals surface area contributed by atoms with Crippen molar-refractivity contribution >= 4 is 5.82 Å². The lowest BCUT2D eigenvalue weighted by Crippen LogP contribution is -2.64. The summed E-state index contributed by atoms with van der Waals surface area (Å²) >= 11 is 0. The molecule has 2 aromatic rings. The Morgan fingerprint density at radius 1 is 1.30 bits per heavy atom.